The molecule has 3 rings (SSSR count). The number of carbonyl (C=O) groups excluding carboxylic acids is 2. The summed E-state index contributed by atoms with van der Waals surface area (Å²) in [5.41, 5.74) is -0.316. The van der Waals surface area contributed by atoms with Gasteiger partial charge in [-0.2, -0.15) is 5.10 Å². The number of rotatable bonds is 6. The number of hydrogen-bond donors (Lipinski definition) is 1. The number of para-hydroxylation sites is 2. The Morgan fingerprint density at radius 1 is 1.21 bits per heavy atom. The molecule has 0 bridgehead atoms. The zero-order valence-corrected chi connectivity index (χ0v) is 17.8. The molecule has 0 radical (unpaired) electrons. The fourth-order valence-corrected chi connectivity index (χ4v) is 3.13. The molecule has 2 amide bonds. The molecule has 0 saturated carbocycles. The van der Waals surface area contributed by atoms with Crippen molar-refractivity contribution in [2.45, 2.75) is 6.92 Å². The van der Waals surface area contributed by atoms with E-state index in [1.54, 1.807) is 24.3 Å². The molecule has 0 saturated heterocycles. The van der Waals surface area contributed by atoms with Crippen molar-refractivity contribution in [1.29, 1.82) is 0 Å². The minimum absolute atomic E-state index is 0.0845. The number of terminal acetylenes is 1. The number of nitrogens with one attached hydrogen (secondary N) is 1. The number of amides is 2. The number of carbonyl (C=O) groups is 2. The molecule has 166 valence electrons. The van der Waals surface area contributed by atoms with E-state index in [4.69, 9.17) is 6.42 Å². The minimum atomic E-state index is -0.856. The lowest BCUT2D eigenvalue weighted by Crippen LogP contribution is -2.42. The lowest BCUT2D eigenvalue weighted by molar-refractivity contribution is -0.384. The Balaban J connectivity index is 2.17. The molecule has 10 nitrogen and oxygen atoms in total. The normalized spacial score (nSPS) is 10.2. The maximum atomic E-state index is 13.4. The number of benzene rings is 2. The Morgan fingerprint density at radius 2 is 1.94 bits per heavy atom. The molecule has 10 heteroatoms. The van der Waals surface area contributed by atoms with E-state index in [1.807, 2.05) is 0 Å². The Morgan fingerprint density at radius 3 is 2.61 bits per heavy atom. The van der Waals surface area contributed by atoms with Gasteiger partial charge in [-0.25, -0.2) is 4.68 Å². The van der Waals surface area contributed by atoms with Crippen molar-refractivity contribution in [2.24, 2.45) is 0 Å². The van der Waals surface area contributed by atoms with Gasteiger partial charge >= 0.3 is 0 Å². The van der Waals surface area contributed by atoms with Crippen LogP contribution in [0.4, 0.5) is 11.4 Å². The van der Waals surface area contributed by atoms with Gasteiger partial charge in [-0.1, -0.05) is 24.1 Å². The molecule has 33 heavy (non-hydrogen) atoms. The van der Waals surface area contributed by atoms with Crippen molar-refractivity contribution in [3.63, 3.8) is 0 Å². The molecule has 1 aromatic heterocycles. The van der Waals surface area contributed by atoms with E-state index in [0.717, 1.165) is 15.6 Å². The molecule has 0 fully saturated rings. The van der Waals surface area contributed by atoms with Gasteiger partial charge in [-0.15, -0.1) is 6.42 Å². The van der Waals surface area contributed by atoms with Gasteiger partial charge < -0.3 is 5.32 Å². The van der Waals surface area contributed by atoms with E-state index in [9.17, 15) is 24.5 Å². The first-order chi connectivity index (χ1) is 15.8. The predicted molar refractivity (Wildman–Crippen MR) is 121 cm³/mol. The highest BCUT2D eigenvalue weighted by Gasteiger charge is 2.26. The number of nitro groups is 1. The summed E-state index contributed by atoms with van der Waals surface area (Å²) >= 11 is 0. The molecule has 0 aliphatic rings. The molecule has 0 atom stereocenters. The molecule has 2 aromatic carbocycles. The number of aromatic nitrogens is 2. The Hall–Kier alpha value is -4.78. The monoisotopic (exact) mass is 445 g/mol. The quantitative estimate of drug-likeness (QED) is 0.350. The summed E-state index contributed by atoms with van der Waals surface area (Å²) in [6.45, 7) is 1.14. The van der Waals surface area contributed by atoms with E-state index in [1.165, 1.54) is 38.2 Å². The number of hydrogen-bond acceptors (Lipinski definition) is 6. The zero-order valence-electron chi connectivity index (χ0n) is 17.8. The van der Waals surface area contributed by atoms with Crippen LogP contribution in [0, 0.1) is 29.4 Å². The average molecular weight is 445 g/mol. The second kappa shape index (κ2) is 9.57. The third kappa shape index (κ3) is 4.77. The molecule has 0 aliphatic heterocycles. The van der Waals surface area contributed by atoms with Crippen LogP contribution < -0.4 is 15.6 Å². The molecule has 1 N–H and O–H groups in total. The number of nitro benzene ring substituents is 1. The number of anilines is 1. The van der Waals surface area contributed by atoms with Crippen LogP contribution in [0.3, 0.4) is 0 Å². The number of nitrogens with zero attached hydrogens (tertiary/aromatic N) is 4. The lowest BCUT2D eigenvalue weighted by atomic mass is 10.1. The van der Waals surface area contributed by atoms with Crippen LogP contribution in [0.25, 0.3) is 5.69 Å². The van der Waals surface area contributed by atoms with Crippen LogP contribution in [0.5, 0.6) is 0 Å². The Labute approximate surface area is 188 Å². The molecule has 0 unspecified atom stereocenters. The van der Waals surface area contributed by atoms with Crippen molar-refractivity contribution in [1.82, 2.24) is 15.1 Å². The predicted octanol–water partition coefficient (Wildman–Crippen LogP) is 1.82. The molecule has 0 aliphatic carbocycles. The smallest absolute Gasteiger partial charge is 0.294 e. The van der Waals surface area contributed by atoms with Crippen LogP contribution in [-0.2, 0) is 4.79 Å². The molecule has 3 aromatic rings. The number of likely N-dealkylation sites (N-methyl/N-ethyl adjacent to an activating group) is 1. The summed E-state index contributed by atoms with van der Waals surface area (Å²) in [7, 11) is 1.41. The van der Waals surface area contributed by atoms with E-state index >= 15 is 0 Å². The van der Waals surface area contributed by atoms with Gasteiger partial charge in [0.2, 0.25) is 11.3 Å². The van der Waals surface area contributed by atoms with Gasteiger partial charge in [-0.3, -0.25) is 29.4 Å². The fraction of sp³-hybridized carbons (Fsp3) is 0.130. The summed E-state index contributed by atoms with van der Waals surface area (Å²) in [5, 5.41) is 18.0. The van der Waals surface area contributed by atoms with E-state index in [-0.39, 0.29) is 22.8 Å². The molecular formula is C23H19N5O5. The maximum Gasteiger partial charge on any atom is 0.294 e. The van der Waals surface area contributed by atoms with Crippen molar-refractivity contribution in [3.05, 3.63) is 91.9 Å². The standard InChI is InChI=1S/C23H19N5O5/c1-4-16-8-7-9-17(13-16)26(14-21(30)24-3)23(31)22-20(29)12-15(2)27(25-22)18-10-5-6-11-19(18)28(32)33/h1,5-13H,14H2,2-3H3,(H,24,30). The van der Waals surface area contributed by atoms with Crippen molar-refractivity contribution < 1.29 is 14.5 Å². The first kappa shape index (κ1) is 22.9. The van der Waals surface area contributed by atoms with Crippen molar-refractivity contribution in [2.75, 3.05) is 18.5 Å². The summed E-state index contributed by atoms with van der Waals surface area (Å²) in [6.07, 6.45) is 5.44. The van der Waals surface area contributed by atoms with E-state index in [0.29, 0.717) is 5.56 Å². The van der Waals surface area contributed by atoms with Gasteiger partial charge in [-0.05, 0) is 31.2 Å². The largest absolute Gasteiger partial charge is 0.358 e. The highest BCUT2D eigenvalue weighted by Crippen LogP contribution is 2.23. The first-order valence-corrected chi connectivity index (χ1v) is 9.70. The lowest BCUT2D eigenvalue weighted by Gasteiger charge is -2.22. The minimum Gasteiger partial charge on any atom is -0.358 e. The summed E-state index contributed by atoms with van der Waals surface area (Å²) in [6, 6.07) is 13.3. The summed E-state index contributed by atoms with van der Waals surface area (Å²) in [5.74, 6) is 1.11. The van der Waals surface area contributed by atoms with Crippen molar-refractivity contribution in [3.8, 4) is 18.0 Å². The molecule has 1 heterocycles. The highest BCUT2D eigenvalue weighted by molar-refractivity contribution is 6.07. The van der Waals surface area contributed by atoms with Gasteiger partial charge in [0.1, 0.15) is 12.2 Å². The van der Waals surface area contributed by atoms with Crippen LogP contribution in [0.15, 0.2) is 59.4 Å². The SMILES string of the molecule is C#Cc1cccc(N(CC(=O)NC)C(=O)c2nn(-c3ccccc3[N+](=O)[O-])c(C)cc2=O)c1. The van der Waals surface area contributed by atoms with Gasteiger partial charge in [0.05, 0.1) is 4.92 Å². The topological polar surface area (TPSA) is 127 Å². The van der Waals surface area contributed by atoms with Gasteiger partial charge in [0.25, 0.3) is 11.6 Å². The van der Waals surface area contributed by atoms with Crippen LogP contribution in [0.1, 0.15) is 21.7 Å². The van der Waals surface area contributed by atoms with E-state index in [2.05, 4.69) is 16.3 Å². The Kier molecular flexibility index (Phi) is 6.64. The van der Waals surface area contributed by atoms with Gasteiger partial charge in [0, 0.05) is 36.1 Å². The zero-order chi connectivity index (χ0) is 24.1. The second-order valence-electron chi connectivity index (χ2n) is 6.92. The Bertz CT molecular complexity index is 1360. The van der Waals surface area contributed by atoms with Crippen LogP contribution in [-0.4, -0.2) is 40.1 Å². The third-order valence-corrected chi connectivity index (χ3v) is 4.77. The second-order valence-corrected chi connectivity index (χ2v) is 6.92. The van der Waals surface area contributed by atoms with Crippen LogP contribution >= 0.6 is 0 Å². The van der Waals surface area contributed by atoms with Gasteiger partial charge in [0.15, 0.2) is 5.69 Å². The summed E-state index contributed by atoms with van der Waals surface area (Å²) in [4.78, 5) is 50.2. The number of aryl methyl sites for hydroxylation is 1. The average Bonchev–Trinajstić information content (AvgIpc) is 2.82. The first-order valence-electron chi connectivity index (χ1n) is 9.70. The summed E-state index contributed by atoms with van der Waals surface area (Å²) < 4.78 is 1.16. The van der Waals surface area contributed by atoms with Crippen molar-refractivity contribution >= 4 is 23.2 Å². The molecule has 0 spiro atoms. The maximum absolute atomic E-state index is 13.4. The fourth-order valence-electron chi connectivity index (χ4n) is 3.13. The van der Waals surface area contributed by atoms with Crippen LogP contribution in [0.2, 0.25) is 0 Å². The molecular weight excluding hydrogens is 426 g/mol. The highest BCUT2D eigenvalue weighted by atomic mass is 16.6. The third-order valence-electron chi connectivity index (χ3n) is 4.77. The van der Waals surface area contributed by atoms with E-state index < -0.39 is 34.4 Å².